The van der Waals surface area contributed by atoms with Crippen molar-refractivity contribution in [2.24, 2.45) is 0 Å². The number of allylic oxidation sites excluding steroid dienone is 4. The maximum Gasteiger partial charge on any atom is 0.306 e. The minimum Gasteiger partial charge on any atom is -0.545 e. The van der Waals surface area contributed by atoms with Crippen molar-refractivity contribution < 1.29 is 42.9 Å². The minimum absolute atomic E-state index is 0.147. The lowest BCUT2D eigenvalue weighted by molar-refractivity contribution is -0.870. The summed E-state index contributed by atoms with van der Waals surface area (Å²) in [5, 5.41) is 11.7. The highest BCUT2D eigenvalue weighted by molar-refractivity contribution is 5.70. The molecule has 0 aromatic rings. The molecule has 0 saturated carbocycles. The Balaban J connectivity index is 4.07. The van der Waals surface area contributed by atoms with E-state index in [1.807, 2.05) is 21.1 Å². The molecule has 0 saturated heterocycles. The molecule has 0 rings (SSSR count). The normalized spacial score (nSPS) is 12.9. The standard InChI is InChI=1S/C58H109NO8/c1-6-8-10-12-14-16-18-20-21-22-23-24-25-26-27-28-29-30-31-32-33-34-35-37-38-40-42-44-46-48-55(60)65-52-54(53-66-58(57(62)63)64-51-50-59(3,4)5)67-56(61)49-47-45-43-41-39-36-19-17-15-13-11-9-7-2/h11,13,17,19,54,58H,6-10,12,14-16,18,20-53H2,1-5H3/b13-11-,19-17-. The van der Waals surface area contributed by atoms with Gasteiger partial charge in [0, 0.05) is 12.8 Å². The molecular weight excluding hydrogens is 839 g/mol. The number of nitrogens with zero attached hydrogens (tertiary/aromatic N) is 1. The number of aliphatic carboxylic acids is 1. The van der Waals surface area contributed by atoms with Crippen molar-refractivity contribution in [2.75, 3.05) is 47.5 Å². The third-order valence-electron chi connectivity index (χ3n) is 12.7. The first-order valence-corrected chi connectivity index (χ1v) is 28.5. The van der Waals surface area contributed by atoms with Gasteiger partial charge in [-0.25, -0.2) is 0 Å². The van der Waals surface area contributed by atoms with Crippen LogP contribution in [0.5, 0.6) is 0 Å². The van der Waals surface area contributed by atoms with Crippen LogP contribution in [0.1, 0.15) is 271 Å². The number of carbonyl (C=O) groups is 3. The van der Waals surface area contributed by atoms with Crippen molar-refractivity contribution in [1.82, 2.24) is 0 Å². The zero-order valence-corrected chi connectivity index (χ0v) is 44.8. The fourth-order valence-electron chi connectivity index (χ4n) is 8.28. The van der Waals surface area contributed by atoms with Crippen LogP contribution in [0.25, 0.3) is 0 Å². The second-order valence-corrected chi connectivity index (χ2v) is 20.6. The molecule has 9 nitrogen and oxygen atoms in total. The van der Waals surface area contributed by atoms with Gasteiger partial charge in [0.15, 0.2) is 12.4 Å². The number of carboxylic acids is 1. The monoisotopic (exact) mass is 948 g/mol. The van der Waals surface area contributed by atoms with Crippen molar-refractivity contribution in [3.63, 3.8) is 0 Å². The van der Waals surface area contributed by atoms with E-state index in [4.69, 9.17) is 18.9 Å². The number of ether oxygens (including phenoxy) is 4. The second-order valence-electron chi connectivity index (χ2n) is 20.6. The van der Waals surface area contributed by atoms with Gasteiger partial charge in [0.2, 0.25) is 0 Å². The van der Waals surface area contributed by atoms with Crippen molar-refractivity contribution in [2.45, 2.75) is 283 Å². The Morgan fingerprint density at radius 1 is 0.448 bits per heavy atom. The molecule has 0 aromatic carbocycles. The quantitative estimate of drug-likeness (QED) is 0.0195. The summed E-state index contributed by atoms with van der Waals surface area (Å²) in [4.78, 5) is 37.1. The number of quaternary nitrogens is 1. The lowest BCUT2D eigenvalue weighted by Crippen LogP contribution is -2.44. The molecule has 0 fully saturated rings. The molecule has 0 heterocycles. The van der Waals surface area contributed by atoms with Gasteiger partial charge in [0.05, 0.1) is 40.3 Å². The van der Waals surface area contributed by atoms with Gasteiger partial charge < -0.3 is 33.3 Å². The van der Waals surface area contributed by atoms with Crippen LogP contribution in [0.4, 0.5) is 0 Å². The second kappa shape index (κ2) is 50.2. The Labute approximate surface area is 414 Å². The van der Waals surface area contributed by atoms with Crippen molar-refractivity contribution in [3.05, 3.63) is 24.3 Å². The van der Waals surface area contributed by atoms with E-state index >= 15 is 0 Å². The van der Waals surface area contributed by atoms with E-state index in [1.165, 1.54) is 173 Å². The van der Waals surface area contributed by atoms with Crippen molar-refractivity contribution in [3.8, 4) is 0 Å². The molecule has 0 N–H and O–H groups in total. The molecule has 0 spiro atoms. The SMILES string of the molecule is CCC/C=C\C/C=C\CCCCCCCC(=O)OC(COC(=O)CCCCCCCCCCCCCCCCCCCCCCCCCCCCCCC)COC(OCC[N+](C)(C)C)C(=O)[O-]. The van der Waals surface area contributed by atoms with Crippen LogP contribution in [0.3, 0.4) is 0 Å². The maximum absolute atomic E-state index is 12.8. The van der Waals surface area contributed by atoms with Crippen LogP contribution in [0.2, 0.25) is 0 Å². The third-order valence-corrected chi connectivity index (χ3v) is 12.7. The van der Waals surface area contributed by atoms with Crippen LogP contribution in [0, 0.1) is 0 Å². The summed E-state index contributed by atoms with van der Waals surface area (Å²) in [6.45, 7) is 4.70. The predicted molar refractivity (Wildman–Crippen MR) is 279 cm³/mol. The molecule has 9 heteroatoms. The summed E-state index contributed by atoms with van der Waals surface area (Å²) < 4.78 is 22.6. The zero-order chi connectivity index (χ0) is 49.2. The summed E-state index contributed by atoms with van der Waals surface area (Å²) in [6.07, 6.45) is 55.3. The molecule has 67 heavy (non-hydrogen) atoms. The molecule has 0 bridgehead atoms. The van der Waals surface area contributed by atoms with E-state index in [0.717, 1.165) is 64.2 Å². The largest absolute Gasteiger partial charge is 0.545 e. The van der Waals surface area contributed by atoms with Gasteiger partial charge in [-0.05, 0) is 38.5 Å². The van der Waals surface area contributed by atoms with Crippen LogP contribution in [0.15, 0.2) is 24.3 Å². The number of esters is 2. The first kappa shape index (κ1) is 64.8. The third kappa shape index (κ3) is 51.4. The van der Waals surface area contributed by atoms with Crippen LogP contribution in [-0.2, 0) is 33.3 Å². The van der Waals surface area contributed by atoms with Crippen LogP contribution in [-0.4, -0.2) is 82.3 Å². The number of rotatable bonds is 53. The summed E-state index contributed by atoms with van der Waals surface area (Å²) in [5.41, 5.74) is 0. The summed E-state index contributed by atoms with van der Waals surface area (Å²) >= 11 is 0. The average Bonchev–Trinajstić information content (AvgIpc) is 3.29. The maximum atomic E-state index is 12.8. The molecule has 0 aromatic heterocycles. The lowest BCUT2D eigenvalue weighted by Gasteiger charge is -2.26. The molecule has 0 aliphatic heterocycles. The fourth-order valence-corrected chi connectivity index (χ4v) is 8.28. The first-order valence-electron chi connectivity index (χ1n) is 28.5. The molecule has 0 aliphatic rings. The zero-order valence-electron chi connectivity index (χ0n) is 44.8. The van der Waals surface area contributed by atoms with Gasteiger partial charge in [-0.15, -0.1) is 0 Å². The van der Waals surface area contributed by atoms with E-state index in [9.17, 15) is 19.5 Å². The summed E-state index contributed by atoms with van der Waals surface area (Å²) in [6, 6.07) is 0. The molecule has 0 aliphatic carbocycles. The van der Waals surface area contributed by atoms with E-state index in [2.05, 4.69) is 38.2 Å². The molecule has 0 amide bonds. The predicted octanol–water partition coefficient (Wildman–Crippen LogP) is 15.0. The van der Waals surface area contributed by atoms with E-state index < -0.39 is 24.3 Å². The number of likely N-dealkylation sites (N-methyl/N-ethyl adjacent to an activating group) is 1. The lowest BCUT2D eigenvalue weighted by atomic mass is 10.0. The number of hydrogen-bond acceptors (Lipinski definition) is 8. The van der Waals surface area contributed by atoms with Gasteiger partial charge in [-0.3, -0.25) is 9.59 Å². The topological polar surface area (TPSA) is 111 Å². The van der Waals surface area contributed by atoms with Crippen LogP contribution < -0.4 is 5.11 Å². The molecule has 394 valence electrons. The van der Waals surface area contributed by atoms with E-state index in [-0.39, 0.29) is 32.2 Å². The minimum atomic E-state index is -1.62. The Kier molecular flexibility index (Phi) is 48.5. The molecular formula is C58H109NO8. The Bertz CT molecular complexity index is 1150. The van der Waals surface area contributed by atoms with Crippen molar-refractivity contribution >= 4 is 17.9 Å². The highest BCUT2D eigenvalue weighted by Crippen LogP contribution is 2.17. The summed E-state index contributed by atoms with van der Waals surface area (Å²) in [5.74, 6) is -2.29. The number of hydrogen-bond donors (Lipinski definition) is 0. The van der Waals surface area contributed by atoms with Crippen LogP contribution >= 0.6 is 0 Å². The number of carbonyl (C=O) groups excluding carboxylic acids is 3. The fraction of sp³-hybridized carbons (Fsp3) is 0.879. The molecule has 2 atom stereocenters. The van der Waals surface area contributed by atoms with Gasteiger partial charge in [-0.1, -0.05) is 244 Å². The molecule has 2 unspecified atom stereocenters. The molecule has 0 radical (unpaired) electrons. The Morgan fingerprint density at radius 3 is 1.24 bits per heavy atom. The van der Waals surface area contributed by atoms with E-state index in [0.29, 0.717) is 23.9 Å². The van der Waals surface area contributed by atoms with Crippen molar-refractivity contribution in [1.29, 1.82) is 0 Å². The van der Waals surface area contributed by atoms with E-state index in [1.54, 1.807) is 0 Å². The van der Waals surface area contributed by atoms with Gasteiger partial charge in [0.1, 0.15) is 13.2 Å². The highest BCUT2D eigenvalue weighted by atomic mass is 16.7. The Morgan fingerprint density at radius 2 is 0.836 bits per heavy atom. The average molecular weight is 949 g/mol. The van der Waals surface area contributed by atoms with Gasteiger partial charge in [-0.2, -0.15) is 0 Å². The highest BCUT2D eigenvalue weighted by Gasteiger charge is 2.22. The summed E-state index contributed by atoms with van der Waals surface area (Å²) in [7, 11) is 5.92. The number of carboxylic acid groups (broad SMARTS) is 1. The van der Waals surface area contributed by atoms with Gasteiger partial charge >= 0.3 is 11.9 Å². The first-order chi connectivity index (χ1) is 32.6. The number of unbranched alkanes of at least 4 members (excludes halogenated alkanes) is 34. The smallest absolute Gasteiger partial charge is 0.306 e. The van der Waals surface area contributed by atoms with Gasteiger partial charge in [0.25, 0.3) is 0 Å². The Hall–Kier alpha value is -2.23.